The molecule has 2 amide bonds. The highest BCUT2D eigenvalue weighted by Crippen LogP contribution is 2.14. The van der Waals surface area contributed by atoms with E-state index in [0.717, 1.165) is 5.56 Å². The van der Waals surface area contributed by atoms with Crippen LogP contribution in [-0.2, 0) is 16.1 Å². The Morgan fingerprint density at radius 1 is 1.28 bits per heavy atom. The predicted octanol–water partition coefficient (Wildman–Crippen LogP) is -0.138. The predicted molar refractivity (Wildman–Crippen MR) is 67.5 cm³/mol. The van der Waals surface area contributed by atoms with Gasteiger partial charge in [0.25, 0.3) is 0 Å². The number of benzene rings is 1. The minimum atomic E-state index is -0.388. The largest absolute Gasteiger partial charge is 0.329 e. The molecule has 1 atom stereocenters. The molecule has 0 aliphatic carbocycles. The van der Waals surface area contributed by atoms with Gasteiger partial charge in [0, 0.05) is 19.6 Å². The van der Waals surface area contributed by atoms with Crippen LogP contribution in [0.15, 0.2) is 30.3 Å². The van der Waals surface area contributed by atoms with Gasteiger partial charge in [-0.05, 0) is 5.56 Å². The normalized spacial score (nSPS) is 19.3. The molecule has 1 aromatic carbocycles. The van der Waals surface area contributed by atoms with Crippen LogP contribution in [0.2, 0.25) is 0 Å². The summed E-state index contributed by atoms with van der Waals surface area (Å²) in [6.45, 7) is 1.69. The second-order valence-corrected chi connectivity index (χ2v) is 4.38. The second kappa shape index (κ2) is 5.75. The van der Waals surface area contributed by atoms with E-state index in [-0.39, 0.29) is 24.3 Å². The summed E-state index contributed by atoms with van der Waals surface area (Å²) in [6.07, 6.45) is 0.228. The van der Waals surface area contributed by atoms with Crippen molar-refractivity contribution in [2.45, 2.75) is 19.0 Å². The second-order valence-electron chi connectivity index (χ2n) is 4.38. The van der Waals surface area contributed by atoms with Crippen molar-refractivity contribution in [1.82, 2.24) is 10.2 Å². The van der Waals surface area contributed by atoms with Gasteiger partial charge in [-0.2, -0.15) is 0 Å². The highest BCUT2D eigenvalue weighted by molar-refractivity contribution is 6.05. The summed E-state index contributed by atoms with van der Waals surface area (Å²) in [5, 5.41) is 2.33. The number of hydrogen-bond acceptors (Lipinski definition) is 4. The van der Waals surface area contributed by atoms with Crippen molar-refractivity contribution >= 4 is 11.8 Å². The molecule has 3 N–H and O–H groups in total. The number of rotatable bonds is 5. The minimum Gasteiger partial charge on any atom is -0.329 e. The van der Waals surface area contributed by atoms with Gasteiger partial charge in [0.2, 0.25) is 11.8 Å². The molecule has 0 saturated carbocycles. The summed E-state index contributed by atoms with van der Waals surface area (Å²) in [7, 11) is 0. The van der Waals surface area contributed by atoms with Crippen molar-refractivity contribution in [3.63, 3.8) is 0 Å². The van der Waals surface area contributed by atoms with E-state index in [0.29, 0.717) is 19.6 Å². The van der Waals surface area contributed by atoms with E-state index >= 15 is 0 Å². The number of nitrogens with zero attached hydrogens (tertiary/aromatic N) is 1. The maximum Gasteiger partial charge on any atom is 0.244 e. The fourth-order valence-corrected chi connectivity index (χ4v) is 2.16. The molecule has 1 aliphatic heterocycles. The van der Waals surface area contributed by atoms with E-state index in [4.69, 9.17) is 5.73 Å². The summed E-state index contributed by atoms with van der Waals surface area (Å²) in [5.41, 5.74) is 6.68. The van der Waals surface area contributed by atoms with Crippen molar-refractivity contribution in [2.24, 2.45) is 5.73 Å². The van der Waals surface area contributed by atoms with Gasteiger partial charge in [0.05, 0.1) is 12.5 Å². The van der Waals surface area contributed by atoms with Crippen LogP contribution >= 0.6 is 0 Å². The van der Waals surface area contributed by atoms with Crippen molar-refractivity contribution in [3.8, 4) is 0 Å². The molecule has 0 aromatic heterocycles. The van der Waals surface area contributed by atoms with Crippen molar-refractivity contribution in [3.05, 3.63) is 35.9 Å². The Labute approximate surface area is 106 Å². The number of imide groups is 1. The smallest absolute Gasteiger partial charge is 0.244 e. The van der Waals surface area contributed by atoms with Crippen LogP contribution in [0.25, 0.3) is 0 Å². The molecule has 0 spiro atoms. The van der Waals surface area contributed by atoms with E-state index in [1.165, 1.54) is 0 Å². The summed E-state index contributed by atoms with van der Waals surface area (Å²) < 4.78 is 0. The molecule has 1 aliphatic rings. The lowest BCUT2D eigenvalue weighted by Crippen LogP contribution is -2.42. The molecule has 1 fully saturated rings. The van der Waals surface area contributed by atoms with Crippen LogP contribution in [-0.4, -0.2) is 35.8 Å². The fourth-order valence-electron chi connectivity index (χ4n) is 2.16. The molecule has 5 heteroatoms. The summed E-state index contributed by atoms with van der Waals surface area (Å²) in [6, 6.07) is 9.46. The minimum absolute atomic E-state index is 0.208. The van der Waals surface area contributed by atoms with E-state index in [1.807, 2.05) is 35.2 Å². The molecule has 1 aromatic rings. The third-order valence-corrected chi connectivity index (χ3v) is 3.03. The number of carbonyl (C=O) groups excluding carboxylic acids is 2. The van der Waals surface area contributed by atoms with Gasteiger partial charge in [-0.3, -0.25) is 19.8 Å². The average molecular weight is 247 g/mol. The Balaban J connectivity index is 2.08. The number of nitrogens with two attached hydrogens (primary N) is 1. The molecule has 0 radical (unpaired) electrons. The molecule has 1 saturated heterocycles. The van der Waals surface area contributed by atoms with Crippen molar-refractivity contribution < 1.29 is 9.59 Å². The quantitative estimate of drug-likeness (QED) is 0.710. The van der Waals surface area contributed by atoms with Gasteiger partial charge in [-0.25, -0.2) is 0 Å². The lowest BCUT2D eigenvalue weighted by atomic mass is 10.1. The summed E-state index contributed by atoms with van der Waals surface area (Å²) >= 11 is 0. The third-order valence-electron chi connectivity index (χ3n) is 3.03. The van der Waals surface area contributed by atoms with Crippen molar-refractivity contribution in [2.75, 3.05) is 13.1 Å². The first-order chi connectivity index (χ1) is 8.70. The average Bonchev–Trinajstić information content (AvgIpc) is 2.69. The third kappa shape index (κ3) is 2.94. The van der Waals surface area contributed by atoms with E-state index in [1.54, 1.807) is 0 Å². The van der Waals surface area contributed by atoms with E-state index in [9.17, 15) is 9.59 Å². The number of carbonyl (C=O) groups is 2. The van der Waals surface area contributed by atoms with E-state index in [2.05, 4.69) is 5.32 Å². The van der Waals surface area contributed by atoms with E-state index < -0.39 is 0 Å². The zero-order valence-electron chi connectivity index (χ0n) is 10.1. The number of nitrogens with one attached hydrogen (secondary N) is 1. The Hall–Kier alpha value is -1.72. The molecule has 5 nitrogen and oxygen atoms in total. The molecular weight excluding hydrogens is 230 g/mol. The van der Waals surface area contributed by atoms with Gasteiger partial charge in [0.1, 0.15) is 0 Å². The van der Waals surface area contributed by atoms with Crippen LogP contribution in [0, 0.1) is 0 Å². The Morgan fingerprint density at radius 2 is 2.00 bits per heavy atom. The molecular formula is C13H17N3O2. The SMILES string of the molecule is NCCN(Cc1ccccc1)C1CC(=O)NC1=O. The first-order valence-electron chi connectivity index (χ1n) is 6.02. The van der Waals surface area contributed by atoms with Gasteiger partial charge in [-0.1, -0.05) is 30.3 Å². The standard InChI is InChI=1S/C13H17N3O2/c14-6-7-16(9-10-4-2-1-3-5-10)11-8-12(17)15-13(11)18/h1-5,11H,6-9,14H2,(H,15,17,18). The molecule has 2 rings (SSSR count). The van der Waals surface area contributed by atoms with Crippen molar-refractivity contribution in [1.29, 1.82) is 0 Å². The topological polar surface area (TPSA) is 75.4 Å². The molecule has 18 heavy (non-hydrogen) atoms. The van der Waals surface area contributed by atoms with Crippen LogP contribution in [0.4, 0.5) is 0 Å². The Morgan fingerprint density at radius 3 is 2.56 bits per heavy atom. The highest BCUT2D eigenvalue weighted by atomic mass is 16.2. The van der Waals surface area contributed by atoms with Crippen LogP contribution in [0.3, 0.4) is 0 Å². The zero-order chi connectivity index (χ0) is 13.0. The zero-order valence-corrected chi connectivity index (χ0v) is 10.1. The first-order valence-corrected chi connectivity index (χ1v) is 6.02. The first kappa shape index (κ1) is 12.7. The van der Waals surface area contributed by atoms with Crippen LogP contribution in [0.5, 0.6) is 0 Å². The van der Waals surface area contributed by atoms with Gasteiger partial charge in [-0.15, -0.1) is 0 Å². The van der Waals surface area contributed by atoms with Gasteiger partial charge < -0.3 is 5.73 Å². The summed E-state index contributed by atoms with van der Waals surface area (Å²) in [5.74, 6) is -0.426. The van der Waals surface area contributed by atoms with Crippen LogP contribution < -0.4 is 11.1 Å². The fraction of sp³-hybridized carbons (Fsp3) is 0.385. The molecule has 96 valence electrons. The maximum absolute atomic E-state index is 11.7. The maximum atomic E-state index is 11.7. The molecule has 1 unspecified atom stereocenters. The number of amides is 2. The highest BCUT2D eigenvalue weighted by Gasteiger charge is 2.34. The lowest BCUT2D eigenvalue weighted by Gasteiger charge is -2.25. The van der Waals surface area contributed by atoms with Crippen LogP contribution in [0.1, 0.15) is 12.0 Å². The Kier molecular flexibility index (Phi) is 4.07. The Bertz CT molecular complexity index is 433. The summed E-state index contributed by atoms with van der Waals surface area (Å²) in [4.78, 5) is 24.9. The molecule has 0 bridgehead atoms. The monoisotopic (exact) mass is 247 g/mol. The van der Waals surface area contributed by atoms with Gasteiger partial charge in [0.15, 0.2) is 0 Å². The lowest BCUT2D eigenvalue weighted by molar-refractivity contribution is -0.126. The van der Waals surface area contributed by atoms with Gasteiger partial charge >= 0.3 is 0 Å². The number of hydrogen-bond donors (Lipinski definition) is 2. The molecule has 1 heterocycles.